The van der Waals surface area contributed by atoms with E-state index in [-0.39, 0.29) is 16.8 Å². The summed E-state index contributed by atoms with van der Waals surface area (Å²) in [7, 11) is -3.72. The first-order chi connectivity index (χ1) is 13.8. The summed E-state index contributed by atoms with van der Waals surface area (Å²) in [6.07, 6.45) is 6.34. The lowest BCUT2D eigenvalue weighted by molar-refractivity contribution is 0.0868. The normalized spacial score (nSPS) is 22.3. The molecule has 0 saturated heterocycles. The number of amides is 1. The molecule has 6 nitrogen and oxygen atoms in total. The maximum atomic E-state index is 12.8. The Labute approximate surface area is 173 Å². The van der Waals surface area contributed by atoms with Crippen LogP contribution in [0.5, 0.6) is 0 Å². The fourth-order valence-electron chi connectivity index (χ4n) is 4.04. The molecule has 3 atom stereocenters. The number of nitrogens with zero attached hydrogens (tertiary/aromatic N) is 1. The van der Waals surface area contributed by atoms with Gasteiger partial charge in [-0.2, -0.15) is 0 Å². The first-order valence-electron chi connectivity index (χ1n) is 10.1. The van der Waals surface area contributed by atoms with Crippen molar-refractivity contribution in [3.8, 4) is 0 Å². The molecule has 0 aliphatic heterocycles. The van der Waals surface area contributed by atoms with Crippen LogP contribution >= 0.6 is 0 Å². The average molecular weight is 416 g/mol. The van der Waals surface area contributed by atoms with E-state index in [4.69, 9.17) is 0 Å². The predicted molar refractivity (Wildman–Crippen MR) is 114 cm³/mol. The van der Waals surface area contributed by atoms with Crippen molar-refractivity contribution in [3.63, 3.8) is 0 Å². The van der Waals surface area contributed by atoms with E-state index < -0.39 is 10.0 Å². The number of carbonyl (C=O) groups excluding carboxylic acids is 1. The van der Waals surface area contributed by atoms with Crippen molar-refractivity contribution in [1.82, 2.24) is 10.3 Å². The molecule has 156 valence electrons. The van der Waals surface area contributed by atoms with Crippen molar-refractivity contribution in [3.05, 3.63) is 54.4 Å². The molecule has 1 aliphatic rings. The molecule has 1 aromatic heterocycles. The second kappa shape index (κ2) is 8.95. The van der Waals surface area contributed by atoms with Crippen LogP contribution in [0.25, 0.3) is 0 Å². The molecule has 2 N–H and O–H groups in total. The first kappa shape index (κ1) is 21.3. The number of benzene rings is 1. The van der Waals surface area contributed by atoms with Gasteiger partial charge < -0.3 is 5.32 Å². The highest BCUT2D eigenvalue weighted by atomic mass is 32.2. The van der Waals surface area contributed by atoms with Crippen LogP contribution in [0.2, 0.25) is 0 Å². The zero-order chi connectivity index (χ0) is 21.0. The van der Waals surface area contributed by atoms with Gasteiger partial charge >= 0.3 is 0 Å². The smallest absolute Gasteiger partial charge is 0.261 e. The lowest BCUT2D eigenvalue weighted by atomic mass is 9.74. The molecule has 0 spiro atoms. The van der Waals surface area contributed by atoms with E-state index in [9.17, 15) is 13.2 Å². The van der Waals surface area contributed by atoms with Gasteiger partial charge in [0.2, 0.25) is 0 Å². The maximum absolute atomic E-state index is 12.8. The van der Waals surface area contributed by atoms with E-state index >= 15 is 0 Å². The summed E-state index contributed by atoms with van der Waals surface area (Å²) in [4.78, 5) is 16.7. The Morgan fingerprint density at radius 2 is 1.72 bits per heavy atom. The first-order valence-corrected chi connectivity index (χ1v) is 11.6. The van der Waals surface area contributed by atoms with Crippen LogP contribution in [0.15, 0.2) is 53.7 Å². The van der Waals surface area contributed by atoms with Crippen molar-refractivity contribution >= 4 is 21.6 Å². The molecule has 1 saturated carbocycles. The molecule has 0 radical (unpaired) electrons. The minimum absolute atomic E-state index is 0.109. The van der Waals surface area contributed by atoms with Crippen LogP contribution in [0.3, 0.4) is 0 Å². The number of nitrogens with one attached hydrogen (secondary N) is 2. The Kier molecular flexibility index (Phi) is 6.57. The number of rotatable bonds is 6. The van der Waals surface area contributed by atoms with Crippen molar-refractivity contribution in [1.29, 1.82) is 0 Å². The number of sulfonamides is 1. The molecule has 1 heterocycles. The molecule has 1 fully saturated rings. The van der Waals surface area contributed by atoms with Crippen LogP contribution in [0, 0.1) is 17.8 Å². The molecule has 3 rings (SSSR count). The van der Waals surface area contributed by atoms with E-state index in [0.29, 0.717) is 29.0 Å². The molecule has 2 aromatic rings. The van der Waals surface area contributed by atoms with Crippen molar-refractivity contribution in [2.24, 2.45) is 17.8 Å². The van der Waals surface area contributed by atoms with Crippen LogP contribution in [-0.4, -0.2) is 25.4 Å². The number of carbonyl (C=O) groups is 1. The topological polar surface area (TPSA) is 88.2 Å². The Balaban J connectivity index is 1.70. The number of hydrogen-bond acceptors (Lipinski definition) is 4. The minimum atomic E-state index is -3.72. The van der Waals surface area contributed by atoms with Gasteiger partial charge in [0.25, 0.3) is 15.9 Å². The lowest BCUT2D eigenvalue weighted by Gasteiger charge is -2.37. The van der Waals surface area contributed by atoms with Crippen molar-refractivity contribution < 1.29 is 13.2 Å². The van der Waals surface area contributed by atoms with Crippen LogP contribution in [0.1, 0.15) is 50.4 Å². The van der Waals surface area contributed by atoms with Gasteiger partial charge in [0, 0.05) is 24.0 Å². The Morgan fingerprint density at radius 3 is 2.34 bits per heavy atom. The van der Waals surface area contributed by atoms with Gasteiger partial charge in [-0.25, -0.2) is 8.42 Å². The second-order valence-corrected chi connectivity index (χ2v) is 9.95. The van der Waals surface area contributed by atoms with Gasteiger partial charge in [-0.1, -0.05) is 27.2 Å². The lowest BCUT2D eigenvalue weighted by Crippen LogP contribution is -2.45. The number of aromatic nitrogens is 1. The van der Waals surface area contributed by atoms with E-state index in [0.717, 1.165) is 12.8 Å². The third-order valence-corrected chi connectivity index (χ3v) is 7.10. The van der Waals surface area contributed by atoms with Gasteiger partial charge in [0.05, 0.1) is 10.6 Å². The zero-order valence-corrected chi connectivity index (χ0v) is 17.9. The molecule has 1 amide bonds. The highest BCUT2D eigenvalue weighted by Crippen LogP contribution is 2.33. The van der Waals surface area contributed by atoms with E-state index in [1.54, 1.807) is 24.3 Å². The Bertz CT molecular complexity index is 928. The van der Waals surface area contributed by atoms with E-state index in [1.807, 2.05) is 0 Å². The zero-order valence-electron chi connectivity index (χ0n) is 17.1. The summed E-state index contributed by atoms with van der Waals surface area (Å²) in [6.45, 7) is 6.63. The quantitative estimate of drug-likeness (QED) is 0.744. The third-order valence-electron chi connectivity index (χ3n) is 5.70. The minimum Gasteiger partial charge on any atom is -0.349 e. The maximum Gasteiger partial charge on any atom is 0.261 e. The number of pyridine rings is 1. The SMILES string of the molecule is CC1CCC(C(C)C)C(NC(=O)c2ccc(S(=O)(=O)Nc3ccncc3)cc2)C1. The van der Waals surface area contributed by atoms with Crippen molar-refractivity contribution in [2.45, 2.75) is 51.0 Å². The van der Waals surface area contributed by atoms with Crippen LogP contribution < -0.4 is 10.0 Å². The molecule has 0 bridgehead atoms. The standard InChI is InChI=1S/C22H29N3O3S/c1-15(2)20-9-4-16(3)14-21(20)24-22(26)17-5-7-19(8-6-17)29(27,28)25-18-10-12-23-13-11-18/h5-8,10-13,15-16,20-21H,4,9,14H2,1-3H3,(H,23,25)(H,24,26). The molecule has 3 unspecified atom stereocenters. The number of anilines is 1. The predicted octanol–water partition coefficient (Wildman–Crippen LogP) is 4.07. The summed E-state index contributed by atoms with van der Waals surface area (Å²) in [5.41, 5.74) is 0.904. The summed E-state index contributed by atoms with van der Waals surface area (Å²) in [6, 6.07) is 9.36. The largest absolute Gasteiger partial charge is 0.349 e. The van der Waals surface area contributed by atoms with E-state index in [1.165, 1.54) is 30.9 Å². The summed E-state index contributed by atoms with van der Waals surface area (Å²) in [5, 5.41) is 3.18. The van der Waals surface area contributed by atoms with Gasteiger partial charge in [-0.3, -0.25) is 14.5 Å². The average Bonchev–Trinajstić information content (AvgIpc) is 2.68. The van der Waals surface area contributed by atoms with Gasteiger partial charge in [-0.05, 0) is 67.0 Å². The highest BCUT2D eigenvalue weighted by Gasteiger charge is 2.31. The van der Waals surface area contributed by atoms with Gasteiger partial charge in [0.15, 0.2) is 0 Å². The van der Waals surface area contributed by atoms with Crippen molar-refractivity contribution in [2.75, 3.05) is 4.72 Å². The second-order valence-electron chi connectivity index (χ2n) is 8.27. The molecular formula is C22H29N3O3S. The molecule has 7 heteroatoms. The number of hydrogen-bond donors (Lipinski definition) is 2. The van der Waals surface area contributed by atoms with Gasteiger partial charge in [0.1, 0.15) is 0 Å². The Hall–Kier alpha value is -2.41. The van der Waals surface area contributed by atoms with Crippen LogP contribution in [-0.2, 0) is 10.0 Å². The van der Waals surface area contributed by atoms with Crippen LogP contribution in [0.4, 0.5) is 5.69 Å². The van der Waals surface area contributed by atoms with Gasteiger partial charge in [-0.15, -0.1) is 0 Å². The molecule has 1 aliphatic carbocycles. The monoisotopic (exact) mass is 415 g/mol. The summed E-state index contributed by atoms with van der Waals surface area (Å²) >= 11 is 0. The fourth-order valence-corrected chi connectivity index (χ4v) is 5.10. The highest BCUT2D eigenvalue weighted by molar-refractivity contribution is 7.92. The fraction of sp³-hybridized carbons (Fsp3) is 0.455. The molecular weight excluding hydrogens is 386 g/mol. The third kappa shape index (κ3) is 5.35. The molecule has 29 heavy (non-hydrogen) atoms. The van der Waals surface area contributed by atoms with E-state index in [2.05, 4.69) is 35.8 Å². The summed E-state index contributed by atoms with van der Waals surface area (Å²) in [5.74, 6) is 1.43. The summed E-state index contributed by atoms with van der Waals surface area (Å²) < 4.78 is 27.5. The molecule has 1 aromatic carbocycles. The Morgan fingerprint density at radius 1 is 1.07 bits per heavy atom.